The van der Waals surface area contributed by atoms with Crippen molar-refractivity contribution in [3.05, 3.63) is 96.3 Å². The molecule has 0 atom stereocenters. The molecule has 2 amide bonds. The summed E-state index contributed by atoms with van der Waals surface area (Å²) in [5, 5.41) is 2.95. The van der Waals surface area contributed by atoms with E-state index in [1.165, 1.54) is 0 Å². The summed E-state index contributed by atoms with van der Waals surface area (Å²) in [5.41, 5.74) is 3.30. The van der Waals surface area contributed by atoms with Gasteiger partial charge in [-0.15, -0.1) is 0 Å². The molecule has 1 N–H and O–H groups in total. The Balaban J connectivity index is 1.44. The van der Waals surface area contributed by atoms with E-state index in [1.54, 1.807) is 24.1 Å². The van der Waals surface area contributed by atoms with Gasteiger partial charge < -0.3 is 14.8 Å². The second-order valence-corrected chi connectivity index (χ2v) is 7.62. The molecule has 0 unspecified atom stereocenters. The van der Waals surface area contributed by atoms with E-state index in [0.29, 0.717) is 18.5 Å². The lowest BCUT2D eigenvalue weighted by Crippen LogP contribution is -2.30. The van der Waals surface area contributed by atoms with Gasteiger partial charge in [0.05, 0.1) is 11.0 Å². The highest BCUT2D eigenvalue weighted by molar-refractivity contribution is 5.94. The van der Waals surface area contributed by atoms with Crippen molar-refractivity contribution in [3.63, 3.8) is 0 Å². The van der Waals surface area contributed by atoms with Gasteiger partial charge in [-0.3, -0.25) is 9.59 Å². The number of nitrogens with zero attached hydrogens (tertiary/aromatic N) is 3. The molecule has 4 rings (SSSR count). The SMILES string of the molecule is CN(C(=O)Cn1c(CCCNC(=O)c2ccccc2)nc2ccccc21)c1ccccc1. The number of nitrogens with one attached hydrogen (secondary N) is 1. The largest absolute Gasteiger partial charge is 0.352 e. The number of likely N-dealkylation sites (N-methyl/N-ethyl adjacent to an activating group) is 1. The first-order valence-corrected chi connectivity index (χ1v) is 10.7. The topological polar surface area (TPSA) is 67.2 Å². The minimum absolute atomic E-state index is 0.0158. The first kappa shape index (κ1) is 21.3. The quantitative estimate of drug-likeness (QED) is 0.432. The number of carbonyl (C=O) groups is 2. The molecule has 162 valence electrons. The van der Waals surface area contributed by atoms with Crippen LogP contribution >= 0.6 is 0 Å². The van der Waals surface area contributed by atoms with Gasteiger partial charge in [-0.1, -0.05) is 48.5 Å². The number of amides is 2. The molecule has 6 heteroatoms. The number of aromatic nitrogens is 2. The van der Waals surface area contributed by atoms with E-state index in [1.807, 2.05) is 77.4 Å². The summed E-state index contributed by atoms with van der Waals surface area (Å²) in [6.45, 7) is 0.742. The molecule has 0 radical (unpaired) electrons. The highest BCUT2D eigenvalue weighted by Gasteiger charge is 2.17. The number of para-hydroxylation sites is 3. The molecule has 1 aromatic heterocycles. The monoisotopic (exact) mass is 426 g/mol. The molecule has 3 aromatic carbocycles. The molecule has 6 nitrogen and oxygen atoms in total. The van der Waals surface area contributed by atoms with E-state index < -0.39 is 0 Å². The predicted octanol–water partition coefficient (Wildman–Crippen LogP) is 4.06. The molecular weight excluding hydrogens is 400 g/mol. The van der Waals surface area contributed by atoms with Crippen LogP contribution in [0.15, 0.2) is 84.9 Å². The third kappa shape index (κ3) is 4.86. The zero-order valence-corrected chi connectivity index (χ0v) is 18.1. The Hall–Kier alpha value is -3.93. The molecule has 0 aliphatic heterocycles. The smallest absolute Gasteiger partial charge is 0.251 e. The number of rotatable bonds is 8. The van der Waals surface area contributed by atoms with Gasteiger partial charge in [-0.2, -0.15) is 0 Å². The average Bonchev–Trinajstić information content (AvgIpc) is 3.19. The molecule has 0 saturated heterocycles. The van der Waals surface area contributed by atoms with Gasteiger partial charge in [0.15, 0.2) is 0 Å². The van der Waals surface area contributed by atoms with E-state index in [2.05, 4.69) is 5.32 Å². The fourth-order valence-electron chi connectivity index (χ4n) is 3.67. The Bertz CT molecular complexity index is 1200. The first-order valence-electron chi connectivity index (χ1n) is 10.7. The van der Waals surface area contributed by atoms with Crippen molar-refractivity contribution in [1.82, 2.24) is 14.9 Å². The predicted molar refractivity (Wildman–Crippen MR) is 127 cm³/mol. The van der Waals surface area contributed by atoms with E-state index >= 15 is 0 Å². The number of hydrogen-bond acceptors (Lipinski definition) is 3. The fourth-order valence-corrected chi connectivity index (χ4v) is 3.67. The molecular formula is C26H26N4O2. The zero-order chi connectivity index (χ0) is 22.3. The molecule has 0 bridgehead atoms. The van der Waals surface area contributed by atoms with Crippen LogP contribution in [0.25, 0.3) is 11.0 Å². The van der Waals surface area contributed by atoms with Crippen molar-refractivity contribution in [1.29, 1.82) is 0 Å². The van der Waals surface area contributed by atoms with Crippen LogP contribution in [0.5, 0.6) is 0 Å². The number of anilines is 1. The molecule has 0 aliphatic rings. The van der Waals surface area contributed by atoms with E-state index in [-0.39, 0.29) is 18.4 Å². The van der Waals surface area contributed by atoms with E-state index in [4.69, 9.17) is 4.98 Å². The molecule has 1 heterocycles. The molecule has 0 saturated carbocycles. The summed E-state index contributed by atoms with van der Waals surface area (Å²) < 4.78 is 1.98. The Kier molecular flexibility index (Phi) is 6.60. The van der Waals surface area contributed by atoms with Crippen LogP contribution < -0.4 is 10.2 Å². The maximum Gasteiger partial charge on any atom is 0.251 e. The third-order valence-electron chi connectivity index (χ3n) is 5.44. The standard InChI is InChI=1S/C26H26N4O2/c1-29(21-13-6-3-7-14-21)25(31)19-30-23-16-9-8-15-22(23)28-24(30)17-10-18-27-26(32)20-11-4-2-5-12-20/h2-9,11-16H,10,17-19H2,1H3,(H,27,32). The van der Waals surface area contributed by atoms with Crippen molar-refractivity contribution < 1.29 is 9.59 Å². The van der Waals surface area contributed by atoms with Crippen LogP contribution in [-0.2, 0) is 17.8 Å². The van der Waals surface area contributed by atoms with Gasteiger partial charge in [0.2, 0.25) is 5.91 Å². The maximum atomic E-state index is 13.0. The Morgan fingerprint density at radius 1 is 0.906 bits per heavy atom. The lowest BCUT2D eigenvalue weighted by Gasteiger charge is -2.18. The van der Waals surface area contributed by atoms with Gasteiger partial charge in [-0.05, 0) is 42.8 Å². The van der Waals surface area contributed by atoms with Gasteiger partial charge in [0.1, 0.15) is 12.4 Å². The van der Waals surface area contributed by atoms with Crippen molar-refractivity contribution in [2.75, 3.05) is 18.5 Å². The van der Waals surface area contributed by atoms with Gasteiger partial charge in [0.25, 0.3) is 5.91 Å². The Morgan fingerprint density at radius 2 is 1.56 bits per heavy atom. The van der Waals surface area contributed by atoms with Crippen molar-refractivity contribution in [2.24, 2.45) is 0 Å². The number of imidazole rings is 1. The summed E-state index contributed by atoms with van der Waals surface area (Å²) in [7, 11) is 1.79. The van der Waals surface area contributed by atoms with Gasteiger partial charge >= 0.3 is 0 Å². The van der Waals surface area contributed by atoms with Crippen LogP contribution in [0.2, 0.25) is 0 Å². The van der Waals surface area contributed by atoms with Crippen LogP contribution in [0.4, 0.5) is 5.69 Å². The molecule has 0 spiro atoms. The third-order valence-corrected chi connectivity index (χ3v) is 5.44. The fraction of sp³-hybridized carbons (Fsp3) is 0.192. The van der Waals surface area contributed by atoms with Crippen molar-refractivity contribution in [3.8, 4) is 0 Å². The van der Waals surface area contributed by atoms with Crippen LogP contribution in [0.1, 0.15) is 22.6 Å². The van der Waals surface area contributed by atoms with E-state index in [0.717, 1.165) is 29.0 Å². The number of carbonyl (C=O) groups excluding carboxylic acids is 2. The lowest BCUT2D eigenvalue weighted by atomic mass is 10.2. The van der Waals surface area contributed by atoms with Crippen molar-refractivity contribution in [2.45, 2.75) is 19.4 Å². The summed E-state index contributed by atoms with van der Waals surface area (Å²) in [6.07, 6.45) is 1.39. The van der Waals surface area contributed by atoms with Gasteiger partial charge in [0, 0.05) is 31.3 Å². The second kappa shape index (κ2) is 9.92. The number of hydrogen-bond donors (Lipinski definition) is 1. The summed E-state index contributed by atoms with van der Waals surface area (Å²) in [4.78, 5) is 31.7. The summed E-state index contributed by atoms with van der Waals surface area (Å²) in [6, 6.07) is 26.6. The summed E-state index contributed by atoms with van der Waals surface area (Å²) in [5.74, 6) is 0.742. The number of aryl methyl sites for hydroxylation is 1. The lowest BCUT2D eigenvalue weighted by molar-refractivity contribution is -0.118. The normalized spacial score (nSPS) is 10.8. The zero-order valence-electron chi connectivity index (χ0n) is 18.1. The second-order valence-electron chi connectivity index (χ2n) is 7.62. The van der Waals surface area contributed by atoms with Crippen molar-refractivity contribution >= 4 is 28.5 Å². The molecule has 4 aromatic rings. The molecule has 0 fully saturated rings. The first-order chi connectivity index (χ1) is 15.6. The number of benzene rings is 3. The van der Waals surface area contributed by atoms with Crippen LogP contribution in [0, 0.1) is 0 Å². The Labute approximate surface area is 187 Å². The summed E-state index contributed by atoms with van der Waals surface area (Å²) >= 11 is 0. The van der Waals surface area contributed by atoms with Gasteiger partial charge in [-0.25, -0.2) is 4.98 Å². The number of fused-ring (bicyclic) bond motifs is 1. The van der Waals surface area contributed by atoms with Crippen LogP contribution in [-0.4, -0.2) is 35.0 Å². The molecule has 32 heavy (non-hydrogen) atoms. The molecule has 0 aliphatic carbocycles. The maximum absolute atomic E-state index is 13.0. The highest BCUT2D eigenvalue weighted by Crippen LogP contribution is 2.19. The minimum Gasteiger partial charge on any atom is -0.352 e. The van der Waals surface area contributed by atoms with E-state index in [9.17, 15) is 9.59 Å². The average molecular weight is 427 g/mol. The highest BCUT2D eigenvalue weighted by atomic mass is 16.2. The minimum atomic E-state index is -0.0845. The van der Waals surface area contributed by atoms with Crippen LogP contribution in [0.3, 0.4) is 0 Å². The Morgan fingerprint density at radius 3 is 2.31 bits per heavy atom.